The van der Waals surface area contributed by atoms with E-state index >= 15 is 0 Å². The first-order valence-electron chi connectivity index (χ1n) is 5.78. The number of carboxylic acids is 1. The van der Waals surface area contributed by atoms with Gasteiger partial charge < -0.3 is 9.84 Å². The minimum absolute atomic E-state index is 0.0841. The molecular weight excluding hydrogens is 278 g/mol. The Labute approximate surface area is 118 Å². The molecule has 0 aliphatic rings. The van der Waals surface area contributed by atoms with Crippen molar-refractivity contribution in [2.45, 2.75) is 0 Å². The van der Waals surface area contributed by atoms with E-state index in [2.05, 4.69) is 0 Å². The number of nitrogens with zero attached hydrogens (tertiary/aromatic N) is 1. The molecule has 1 N–H and O–H groups in total. The van der Waals surface area contributed by atoms with Crippen molar-refractivity contribution in [1.29, 1.82) is 0 Å². The molecule has 0 aliphatic carbocycles. The van der Waals surface area contributed by atoms with Crippen LogP contribution in [0.15, 0.2) is 48.5 Å². The lowest BCUT2D eigenvalue weighted by Crippen LogP contribution is -2.11. The average molecular weight is 287 g/mol. The van der Waals surface area contributed by atoms with Crippen LogP contribution in [0.5, 0.6) is 5.75 Å². The number of non-ortho nitro benzene ring substituents is 1. The zero-order chi connectivity index (χ0) is 15.4. The molecule has 0 unspecified atom stereocenters. The summed E-state index contributed by atoms with van der Waals surface area (Å²) < 4.78 is 5.00. The third kappa shape index (κ3) is 3.21. The molecule has 2 aromatic rings. The summed E-state index contributed by atoms with van der Waals surface area (Å²) in [6.07, 6.45) is 0. The van der Waals surface area contributed by atoms with Crippen LogP contribution in [0.3, 0.4) is 0 Å². The first kappa shape index (κ1) is 14.2. The number of nitro groups is 1. The molecule has 0 radical (unpaired) electrons. The lowest BCUT2D eigenvalue weighted by Gasteiger charge is -2.06. The summed E-state index contributed by atoms with van der Waals surface area (Å²) in [5.74, 6) is -2.10. The largest absolute Gasteiger partial charge is 0.478 e. The second kappa shape index (κ2) is 5.83. The van der Waals surface area contributed by atoms with Crippen LogP contribution in [-0.4, -0.2) is 22.0 Å². The fourth-order valence-corrected chi connectivity index (χ4v) is 1.61. The van der Waals surface area contributed by atoms with Crippen molar-refractivity contribution in [2.24, 2.45) is 0 Å². The van der Waals surface area contributed by atoms with Gasteiger partial charge in [0, 0.05) is 12.1 Å². The zero-order valence-corrected chi connectivity index (χ0v) is 10.6. The van der Waals surface area contributed by atoms with Gasteiger partial charge in [-0.25, -0.2) is 9.59 Å². The number of ether oxygens (including phenoxy) is 1. The third-order valence-corrected chi connectivity index (χ3v) is 2.63. The molecule has 0 saturated carbocycles. The van der Waals surface area contributed by atoms with Crippen LogP contribution >= 0.6 is 0 Å². The maximum Gasteiger partial charge on any atom is 0.343 e. The number of nitro benzene ring substituents is 1. The number of aromatic carboxylic acids is 1. The van der Waals surface area contributed by atoms with Gasteiger partial charge in [0.25, 0.3) is 5.69 Å². The predicted molar refractivity (Wildman–Crippen MR) is 71.5 cm³/mol. The lowest BCUT2D eigenvalue weighted by molar-refractivity contribution is -0.384. The van der Waals surface area contributed by atoms with Crippen LogP contribution in [-0.2, 0) is 0 Å². The van der Waals surface area contributed by atoms with Crippen molar-refractivity contribution in [3.05, 3.63) is 69.8 Å². The highest BCUT2D eigenvalue weighted by Gasteiger charge is 2.16. The van der Waals surface area contributed by atoms with E-state index in [1.807, 2.05) is 0 Å². The van der Waals surface area contributed by atoms with Crippen LogP contribution in [0.25, 0.3) is 0 Å². The van der Waals surface area contributed by atoms with Gasteiger partial charge in [-0.1, -0.05) is 12.1 Å². The van der Waals surface area contributed by atoms with Gasteiger partial charge in [-0.3, -0.25) is 10.1 Å². The van der Waals surface area contributed by atoms with Crippen molar-refractivity contribution < 1.29 is 24.4 Å². The zero-order valence-electron chi connectivity index (χ0n) is 10.6. The van der Waals surface area contributed by atoms with Crippen LogP contribution in [0.1, 0.15) is 20.7 Å². The molecule has 0 aliphatic heterocycles. The van der Waals surface area contributed by atoms with Crippen LogP contribution < -0.4 is 4.74 Å². The third-order valence-electron chi connectivity index (χ3n) is 2.63. The van der Waals surface area contributed by atoms with E-state index in [0.717, 1.165) is 0 Å². The minimum Gasteiger partial charge on any atom is -0.478 e. The van der Waals surface area contributed by atoms with Gasteiger partial charge in [-0.05, 0) is 24.3 Å². The van der Waals surface area contributed by atoms with Gasteiger partial charge >= 0.3 is 11.9 Å². The number of rotatable bonds is 4. The highest BCUT2D eigenvalue weighted by Crippen LogP contribution is 2.20. The second-order valence-electron chi connectivity index (χ2n) is 3.99. The van der Waals surface area contributed by atoms with E-state index in [1.165, 1.54) is 48.5 Å². The van der Waals surface area contributed by atoms with Crippen LogP contribution in [0, 0.1) is 10.1 Å². The van der Waals surface area contributed by atoms with E-state index < -0.39 is 16.9 Å². The second-order valence-corrected chi connectivity index (χ2v) is 3.99. The number of para-hydroxylation sites is 1. The summed E-state index contributed by atoms with van der Waals surface area (Å²) in [5, 5.41) is 19.5. The Morgan fingerprint density at radius 2 is 1.67 bits per heavy atom. The van der Waals surface area contributed by atoms with Gasteiger partial charge in [0.2, 0.25) is 0 Å². The molecule has 0 bridgehead atoms. The number of esters is 1. The Bertz CT molecular complexity index is 708. The molecule has 7 nitrogen and oxygen atoms in total. The molecule has 0 atom stereocenters. The maximum atomic E-state index is 11.9. The molecule has 0 saturated heterocycles. The molecule has 0 spiro atoms. The van der Waals surface area contributed by atoms with E-state index in [4.69, 9.17) is 9.84 Å². The molecule has 106 valence electrons. The summed E-state index contributed by atoms with van der Waals surface area (Å²) in [7, 11) is 0. The summed E-state index contributed by atoms with van der Waals surface area (Å²) in [6, 6.07) is 10.5. The summed E-state index contributed by atoms with van der Waals surface area (Å²) in [5.41, 5.74) is -0.217. The molecule has 0 amide bonds. The van der Waals surface area contributed by atoms with Gasteiger partial charge in [0.05, 0.1) is 10.5 Å². The number of hydrogen-bond donors (Lipinski definition) is 1. The predicted octanol–water partition coefficient (Wildman–Crippen LogP) is 2.51. The number of carbonyl (C=O) groups excluding carboxylic acids is 1. The normalized spacial score (nSPS) is 9.90. The SMILES string of the molecule is O=C(Oc1ccccc1C(=O)O)c1ccc([N+](=O)[O-])cc1. The summed E-state index contributed by atoms with van der Waals surface area (Å²) in [6.45, 7) is 0. The van der Waals surface area contributed by atoms with E-state index in [9.17, 15) is 19.7 Å². The molecular formula is C14H9NO6. The van der Waals surface area contributed by atoms with Crippen molar-refractivity contribution in [1.82, 2.24) is 0 Å². The van der Waals surface area contributed by atoms with Crippen LogP contribution in [0.2, 0.25) is 0 Å². The van der Waals surface area contributed by atoms with Crippen molar-refractivity contribution >= 4 is 17.6 Å². The Morgan fingerprint density at radius 1 is 1.05 bits per heavy atom. The summed E-state index contributed by atoms with van der Waals surface area (Å²) >= 11 is 0. The topological polar surface area (TPSA) is 107 Å². The smallest absolute Gasteiger partial charge is 0.343 e. The standard InChI is InChI=1S/C14H9NO6/c16-13(17)11-3-1-2-4-12(11)21-14(18)9-5-7-10(8-6-9)15(19)20/h1-8H,(H,16,17). The van der Waals surface area contributed by atoms with Gasteiger partial charge in [0.1, 0.15) is 11.3 Å². The van der Waals surface area contributed by atoms with E-state index in [0.29, 0.717) is 0 Å². The highest BCUT2D eigenvalue weighted by atomic mass is 16.6. The van der Waals surface area contributed by atoms with E-state index in [1.54, 1.807) is 0 Å². The Kier molecular flexibility index (Phi) is 3.94. The fourth-order valence-electron chi connectivity index (χ4n) is 1.61. The van der Waals surface area contributed by atoms with Crippen LogP contribution in [0.4, 0.5) is 5.69 Å². The Hall–Kier alpha value is -3.22. The van der Waals surface area contributed by atoms with Crippen molar-refractivity contribution in [2.75, 3.05) is 0 Å². The molecule has 0 aromatic heterocycles. The lowest BCUT2D eigenvalue weighted by atomic mass is 10.2. The highest BCUT2D eigenvalue weighted by molar-refractivity contribution is 5.95. The maximum absolute atomic E-state index is 11.9. The molecule has 0 fully saturated rings. The number of hydrogen-bond acceptors (Lipinski definition) is 5. The van der Waals surface area contributed by atoms with E-state index in [-0.39, 0.29) is 22.6 Å². The minimum atomic E-state index is -1.22. The Balaban J connectivity index is 2.22. The molecule has 2 rings (SSSR count). The van der Waals surface area contributed by atoms with Crippen molar-refractivity contribution in [3.63, 3.8) is 0 Å². The van der Waals surface area contributed by atoms with Crippen molar-refractivity contribution in [3.8, 4) is 5.75 Å². The average Bonchev–Trinajstić information content (AvgIpc) is 2.47. The summed E-state index contributed by atoms with van der Waals surface area (Å²) in [4.78, 5) is 32.8. The Morgan fingerprint density at radius 3 is 2.24 bits per heavy atom. The molecule has 7 heteroatoms. The first-order chi connectivity index (χ1) is 9.99. The van der Waals surface area contributed by atoms with Gasteiger partial charge in [-0.2, -0.15) is 0 Å². The quantitative estimate of drug-likeness (QED) is 0.400. The fraction of sp³-hybridized carbons (Fsp3) is 0. The number of carbonyl (C=O) groups is 2. The van der Waals surface area contributed by atoms with Gasteiger partial charge in [-0.15, -0.1) is 0 Å². The molecule has 21 heavy (non-hydrogen) atoms. The number of carboxylic acid groups (broad SMARTS) is 1. The molecule has 2 aromatic carbocycles. The van der Waals surface area contributed by atoms with Gasteiger partial charge in [0.15, 0.2) is 0 Å². The number of benzene rings is 2. The first-order valence-corrected chi connectivity index (χ1v) is 5.78. The molecule has 0 heterocycles. The monoisotopic (exact) mass is 287 g/mol.